The summed E-state index contributed by atoms with van der Waals surface area (Å²) in [6.45, 7) is 2.24. The number of halogens is 6. The number of alkyl halides is 6. The van der Waals surface area contributed by atoms with E-state index < -0.39 is 24.3 Å². The normalized spacial score (nSPS) is 12.5. The van der Waals surface area contributed by atoms with Gasteiger partial charge in [-0.1, -0.05) is 42.5 Å². The van der Waals surface area contributed by atoms with Gasteiger partial charge in [-0.2, -0.15) is 35.5 Å². The van der Waals surface area contributed by atoms with Gasteiger partial charge in [0.25, 0.3) is 11.4 Å². The highest BCUT2D eigenvalue weighted by Gasteiger charge is 2.29. The molecule has 0 unspecified atom stereocenters. The van der Waals surface area contributed by atoms with Crippen molar-refractivity contribution in [3.8, 4) is 0 Å². The van der Waals surface area contributed by atoms with Gasteiger partial charge in [0.05, 0.1) is 32.0 Å². The molecule has 4 aliphatic rings. The molecule has 2 aromatic heterocycles. The van der Waals surface area contributed by atoms with Crippen LogP contribution in [0.4, 0.5) is 49.1 Å². The van der Waals surface area contributed by atoms with E-state index >= 15 is 0 Å². The monoisotopic (exact) mass is 810 g/mol. The van der Waals surface area contributed by atoms with Gasteiger partial charge in [-0.15, -0.1) is 0 Å². The summed E-state index contributed by atoms with van der Waals surface area (Å²) in [5.41, 5.74) is 7.79. The van der Waals surface area contributed by atoms with Crippen molar-refractivity contribution in [3.63, 3.8) is 0 Å². The summed E-state index contributed by atoms with van der Waals surface area (Å²) in [5.74, 6) is -6.01. The van der Waals surface area contributed by atoms with Crippen molar-refractivity contribution in [2.24, 2.45) is 0 Å². The lowest BCUT2D eigenvalue weighted by atomic mass is 10.1. The molecular formula is C38H28F6N6O8. The van der Waals surface area contributed by atoms with Crippen LogP contribution in [0, 0.1) is 20.2 Å². The van der Waals surface area contributed by atoms with Gasteiger partial charge in [-0.25, -0.2) is 0 Å². The minimum Gasteiger partial charge on any atom is -0.542 e. The number of carboxylic acids is 2. The summed E-state index contributed by atoms with van der Waals surface area (Å²) in [6, 6.07) is 30.4. The lowest BCUT2D eigenvalue weighted by Gasteiger charge is -2.11. The Balaban J connectivity index is 0.000000393. The molecule has 0 aliphatic carbocycles. The summed E-state index contributed by atoms with van der Waals surface area (Å²) in [4.78, 5) is 40.1. The number of fused-ring (bicyclic) bond motifs is 1. The number of non-ortho nitro benzene ring substituents is 2. The number of nitro benzene ring substituents is 2. The van der Waals surface area contributed by atoms with Crippen LogP contribution in [0.15, 0.2) is 109 Å². The zero-order valence-corrected chi connectivity index (χ0v) is 29.5. The van der Waals surface area contributed by atoms with Crippen molar-refractivity contribution in [2.45, 2.75) is 38.5 Å². The molecule has 10 rings (SSSR count). The molecule has 58 heavy (non-hydrogen) atoms. The molecule has 4 aliphatic heterocycles. The average Bonchev–Trinajstić information content (AvgIpc) is 3.17. The molecule has 20 heteroatoms. The first-order valence-corrected chi connectivity index (χ1v) is 16.7. The molecule has 8 bridgehead atoms. The Morgan fingerprint density at radius 3 is 1.24 bits per heavy atom. The summed E-state index contributed by atoms with van der Waals surface area (Å²) < 4.78 is 67.3. The Kier molecular flexibility index (Phi) is 12.4. The summed E-state index contributed by atoms with van der Waals surface area (Å²) in [5, 5.41) is 49.4. The third kappa shape index (κ3) is 10.5. The zero-order valence-electron chi connectivity index (χ0n) is 29.5. The lowest BCUT2D eigenvalue weighted by molar-refractivity contribution is -0.663. The van der Waals surface area contributed by atoms with E-state index in [0.717, 1.165) is 55.4 Å². The van der Waals surface area contributed by atoms with Gasteiger partial charge in [-0.05, 0) is 17.2 Å². The van der Waals surface area contributed by atoms with Crippen LogP contribution in [0.2, 0.25) is 0 Å². The highest BCUT2D eigenvalue weighted by Crippen LogP contribution is 2.28. The van der Waals surface area contributed by atoms with E-state index in [1.165, 1.54) is 0 Å². The number of carboxylic acid groups (broad SMARTS) is 2. The number of hydrogen-bond donors (Lipinski definition) is 2. The number of benzene rings is 4. The Morgan fingerprint density at radius 2 is 0.914 bits per heavy atom. The van der Waals surface area contributed by atoms with Crippen molar-refractivity contribution in [2.75, 3.05) is 10.6 Å². The first-order valence-electron chi connectivity index (χ1n) is 16.7. The largest absolute Gasteiger partial charge is 0.542 e. The molecule has 0 atom stereocenters. The van der Waals surface area contributed by atoms with Crippen LogP contribution in [0.25, 0.3) is 21.8 Å². The van der Waals surface area contributed by atoms with Gasteiger partial charge in [-0.3, -0.25) is 20.2 Å². The van der Waals surface area contributed by atoms with Crippen molar-refractivity contribution in [1.82, 2.24) is 0 Å². The number of carbonyl (C=O) groups is 2. The van der Waals surface area contributed by atoms with Crippen molar-refractivity contribution < 1.29 is 65.1 Å². The van der Waals surface area contributed by atoms with Gasteiger partial charge < -0.3 is 30.4 Å². The fourth-order valence-electron chi connectivity index (χ4n) is 5.85. The van der Waals surface area contributed by atoms with Crippen molar-refractivity contribution in [3.05, 3.63) is 152 Å². The van der Waals surface area contributed by atoms with Gasteiger partial charge >= 0.3 is 12.4 Å². The maximum Gasteiger partial charge on any atom is 0.430 e. The number of aliphatic carboxylic acids is 2. The number of anilines is 2. The number of aromatic nitrogens is 2. The van der Waals surface area contributed by atoms with E-state index in [-0.39, 0.29) is 21.2 Å². The molecule has 14 nitrogen and oxygen atoms in total. The highest BCUT2D eigenvalue weighted by atomic mass is 19.4. The van der Waals surface area contributed by atoms with Crippen LogP contribution >= 0.6 is 0 Å². The number of rotatable bonds is 2. The number of carbonyl (C=O) groups excluding carboxylic acids is 2. The third-order valence-corrected chi connectivity index (χ3v) is 8.57. The van der Waals surface area contributed by atoms with Crippen LogP contribution in [-0.2, 0) is 35.8 Å². The fraction of sp³-hybridized carbons (Fsp3) is 0.158. The van der Waals surface area contributed by atoms with E-state index in [4.69, 9.17) is 19.8 Å². The molecule has 6 heterocycles. The Hall–Kier alpha value is -7.38. The molecule has 6 aromatic rings. The number of nitro groups is 2. The van der Waals surface area contributed by atoms with Crippen LogP contribution in [0.3, 0.4) is 0 Å². The molecule has 4 aromatic carbocycles. The second-order valence-electron chi connectivity index (χ2n) is 12.5. The number of nitrogens with one attached hydrogen (secondary N) is 2. The number of pyridine rings is 2. The number of hydrogen-bond acceptors (Lipinski definition) is 10. The molecular weight excluding hydrogens is 782 g/mol. The maximum atomic E-state index is 11.6. The van der Waals surface area contributed by atoms with Gasteiger partial charge in [0.2, 0.25) is 11.0 Å². The van der Waals surface area contributed by atoms with Crippen LogP contribution in [-0.4, -0.2) is 34.1 Å². The molecule has 0 radical (unpaired) electrons. The second-order valence-corrected chi connectivity index (χ2v) is 12.5. The highest BCUT2D eigenvalue weighted by molar-refractivity contribution is 5.91. The minimum absolute atomic E-state index is 0.0446. The van der Waals surface area contributed by atoms with Crippen LogP contribution < -0.4 is 30.0 Å². The second kappa shape index (κ2) is 17.2. The third-order valence-electron chi connectivity index (χ3n) is 8.57. The van der Waals surface area contributed by atoms with E-state index in [1.54, 1.807) is 24.3 Å². The predicted molar refractivity (Wildman–Crippen MR) is 189 cm³/mol. The molecule has 0 saturated heterocycles. The SMILES string of the molecule is O=C([O-])C(F)(F)F.O=C([O-])C(F)(F)F.O=[N+]([O-])c1ccc2c(c1)c1cc[n+]2Cc2cccc(c2)C[n+]2ccc(c3cc([N+](=O)[O-])ccc32)NCc2ccc(cc2)CN1. The average molecular weight is 811 g/mol. The molecule has 2 N–H and O–H groups in total. The zero-order chi connectivity index (χ0) is 42.4. The maximum absolute atomic E-state index is 11.6. The Bertz CT molecular complexity index is 2360. The first kappa shape index (κ1) is 41.8. The number of nitrogens with zero attached hydrogens (tertiary/aromatic N) is 4. The first-order chi connectivity index (χ1) is 27.3. The van der Waals surface area contributed by atoms with Gasteiger partial charge in [0.15, 0.2) is 25.5 Å². The lowest BCUT2D eigenvalue weighted by Crippen LogP contribution is -2.37. The smallest absolute Gasteiger partial charge is 0.430 e. The minimum atomic E-state index is -5.19. The van der Waals surface area contributed by atoms with Crippen LogP contribution in [0.5, 0.6) is 0 Å². The summed E-state index contributed by atoms with van der Waals surface area (Å²) in [6.07, 6.45) is -6.37. The topological polar surface area (TPSA) is 198 Å². The molecule has 0 amide bonds. The fourth-order valence-corrected chi connectivity index (χ4v) is 5.85. The van der Waals surface area contributed by atoms with E-state index in [9.17, 15) is 46.6 Å². The Morgan fingerprint density at radius 1 is 0.552 bits per heavy atom. The molecule has 0 spiro atoms. The standard InChI is InChI=1S/C34H26N6O4.2C2HF3O2/c41-39(42)27-8-10-33-29(17-27)31-12-14-37(33)21-25-2-1-3-26(16-25)22-38-15-13-32(30-18-28(40(43)44)9-11-34(30)38)36-20-24-6-4-23(5-7-24)19-35-31;2*3-2(4,5)1(6)7/h1-18H,19-22H2;2*(H,6,7). The quantitative estimate of drug-likeness (QED) is 0.108. The molecule has 0 saturated carbocycles. The van der Waals surface area contributed by atoms with Crippen LogP contribution in [0.1, 0.15) is 22.3 Å². The Labute approximate surface area is 322 Å². The molecule has 300 valence electrons. The van der Waals surface area contributed by atoms with E-state index in [2.05, 4.69) is 62.2 Å². The van der Waals surface area contributed by atoms with Crippen molar-refractivity contribution >= 4 is 56.5 Å². The predicted octanol–water partition coefficient (Wildman–Crippen LogP) is 4.62. The van der Waals surface area contributed by atoms with E-state index in [1.807, 2.05) is 42.7 Å². The van der Waals surface area contributed by atoms with E-state index in [0.29, 0.717) is 26.2 Å². The van der Waals surface area contributed by atoms with Crippen molar-refractivity contribution in [1.29, 1.82) is 0 Å². The summed E-state index contributed by atoms with van der Waals surface area (Å²) in [7, 11) is 0. The molecule has 0 fully saturated rings. The summed E-state index contributed by atoms with van der Waals surface area (Å²) >= 11 is 0. The van der Waals surface area contributed by atoms with Gasteiger partial charge in [0.1, 0.15) is 11.9 Å². The van der Waals surface area contributed by atoms with Gasteiger partial charge in [0, 0.05) is 72.7 Å².